The first-order valence-corrected chi connectivity index (χ1v) is 9.15. The molecule has 0 amide bonds. The monoisotopic (exact) mass is 311 g/mol. The number of rotatable bonds is 8. The molecule has 2 atom stereocenters. The Bertz CT molecular complexity index is 361. The lowest BCUT2D eigenvalue weighted by molar-refractivity contribution is 0.0278. The molecule has 1 aromatic heterocycles. The summed E-state index contributed by atoms with van der Waals surface area (Å²) in [6.45, 7) is 3.90. The first-order valence-electron chi connectivity index (χ1n) is 8.27. The van der Waals surface area contributed by atoms with Crippen LogP contribution in [0.15, 0.2) is 17.5 Å². The number of aliphatic hydroxyl groups excluding tert-OH is 1. The highest BCUT2D eigenvalue weighted by Gasteiger charge is 2.19. The molecule has 0 aromatic carbocycles. The average Bonchev–Trinajstić information content (AvgIpc) is 2.85. The molecule has 0 saturated heterocycles. The van der Waals surface area contributed by atoms with Gasteiger partial charge in [-0.3, -0.25) is 0 Å². The summed E-state index contributed by atoms with van der Waals surface area (Å²) in [5.41, 5.74) is 0. The van der Waals surface area contributed by atoms with Gasteiger partial charge in [-0.1, -0.05) is 31.7 Å². The van der Waals surface area contributed by atoms with Crippen LogP contribution >= 0.6 is 11.3 Å². The van der Waals surface area contributed by atoms with Gasteiger partial charge in [0.2, 0.25) is 0 Å². The third kappa shape index (κ3) is 6.47. The Morgan fingerprint density at radius 3 is 2.76 bits per heavy atom. The Morgan fingerprint density at radius 1 is 1.33 bits per heavy atom. The molecule has 2 N–H and O–H groups in total. The van der Waals surface area contributed by atoms with Crippen LogP contribution in [0.2, 0.25) is 0 Å². The number of aliphatic hydroxyl groups is 1. The van der Waals surface area contributed by atoms with E-state index in [2.05, 4.69) is 18.3 Å². The quantitative estimate of drug-likeness (QED) is 0.721. The molecule has 120 valence electrons. The van der Waals surface area contributed by atoms with E-state index < -0.39 is 6.10 Å². The van der Waals surface area contributed by atoms with Gasteiger partial charge in [0.25, 0.3) is 0 Å². The van der Waals surface area contributed by atoms with E-state index in [4.69, 9.17) is 4.74 Å². The van der Waals surface area contributed by atoms with Crippen molar-refractivity contribution in [1.82, 2.24) is 5.32 Å². The normalized spacial score (nSPS) is 20.1. The molecule has 0 bridgehead atoms. The molecule has 1 aliphatic rings. The summed E-state index contributed by atoms with van der Waals surface area (Å²) in [7, 11) is 0. The second kappa shape index (κ2) is 9.57. The second-order valence-corrected chi connectivity index (χ2v) is 7.23. The molecule has 1 heterocycles. The maximum absolute atomic E-state index is 10.00. The van der Waals surface area contributed by atoms with Gasteiger partial charge in [-0.25, -0.2) is 0 Å². The van der Waals surface area contributed by atoms with Gasteiger partial charge in [0.1, 0.15) is 0 Å². The van der Waals surface area contributed by atoms with Crippen LogP contribution in [0.4, 0.5) is 0 Å². The second-order valence-electron chi connectivity index (χ2n) is 6.20. The molecule has 1 unspecified atom stereocenters. The van der Waals surface area contributed by atoms with Crippen LogP contribution in [-0.4, -0.2) is 30.4 Å². The third-order valence-corrected chi connectivity index (χ3v) is 5.27. The zero-order valence-corrected chi connectivity index (χ0v) is 13.9. The smallest absolute Gasteiger partial charge is 0.0897 e. The summed E-state index contributed by atoms with van der Waals surface area (Å²) in [5.74, 6) is 0.770. The van der Waals surface area contributed by atoms with Crippen molar-refractivity contribution in [2.75, 3.05) is 13.2 Å². The van der Waals surface area contributed by atoms with E-state index in [9.17, 15) is 5.11 Å². The molecule has 0 aliphatic heterocycles. The van der Waals surface area contributed by atoms with Gasteiger partial charge >= 0.3 is 0 Å². The minimum Gasteiger partial charge on any atom is -0.389 e. The first kappa shape index (κ1) is 16.9. The van der Waals surface area contributed by atoms with E-state index in [1.165, 1.54) is 43.4 Å². The molecule has 21 heavy (non-hydrogen) atoms. The van der Waals surface area contributed by atoms with Crippen LogP contribution in [0.25, 0.3) is 0 Å². The van der Waals surface area contributed by atoms with Crippen LogP contribution in [-0.2, 0) is 11.3 Å². The lowest BCUT2D eigenvalue weighted by atomic mass is 9.93. The van der Waals surface area contributed by atoms with Crippen LogP contribution in [0.1, 0.15) is 50.3 Å². The zero-order chi connectivity index (χ0) is 14.9. The van der Waals surface area contributed by atoms with E-state index in [0.29, 0.717) is 25.8 Å². The van der Waals surface area contributed by atoms with E-state index in [0.717, 1.165) is 5.92 Å². The molecular formula is C17H29NO2S. The summed E-state index contributed by atoms with van der Waals surface area (Å²) < 4.78 is 5.56. The van der Waals surface area contributed by atoms with E-state index >= 15 is 0 Å². The summed E-state index contributed by atoms with van der Waals surface area (Å²) in [4.78, 5) is 1.21. The average molecular weight is 311 g/mol. The fraction of sp³-hybridized carbons (Fsp3) is 0.765. The van der Waals surface area contributed by atoms with Gasteiger partial charge in [-0.2, -0.15) is 0 Å². The van der Waals surface area contributed by atoms with Gasteiger partial charge in [0, 0.05) is 17.5 Å². The molecule has 4 heteroatoms. The Kier molecular flexibility index (Phi) is 7.72. The Balaban J connectivity index is 1.57. The predicted octanol–water partition coefficient (Wildman–Crippen LogP) is 3.57. The van der Waals surface area contributed by atoms with Crippen LogP contribution in [0.3, 0.4) is 0 Å². The number of hydrogen-bond acceptors (Lipinski definition) is 4. The van der Waals surface area contributed by atoms with Gasteiger partial charge in [0.15, 0.2) is 0 Å². The van der Waals surface area contributed by atoms with Crippen molar-refractivity contribution in [3.05, 3.63) is 22.4 Å². The Hall–Kier alpha value is -0.420. The van der Waals surface area contributed by atoms with Crippen molar-refractivity contribution in [3.8, 4) is 0 Å². The molecule has 0 radical (unpaired) electrons. The number of ether oxygens (including phenoxy) is 1. The van der Waals surface area contributed by atoms with Crippen LogP contribution in [0.5, 0.6) is 0 Å². The van der Waals surface area contributed by atoms with Crippen molar-refractivity contribution >= 4 is 11.3 Å². The van der Waals surface area contributed by atoms with Gasteiger partial charge in [-0.05, 0) is 37.1 Å². The SMILES string of the molecule is C[C@@H](NCC(O)COCc1cccs1)C1CCCCCC1. The van der Waals surface area contributed by atoms with E-state index in [1.807, 2.05) is 11.4 Å². The van der Waals surface area contributed by atoms with Gasteiger partial charge < -0.3 is 15.2 Å². The molecule has 1 aromatic rings. The maximum Gasteiger partial charge on any atom is 0.0897 e. The van der Waals surface area contributed by atoms with E-state index in [-0.39, 0.29) is 0 Å². The number of hydrogen-bond donors (Lipinski definition) is 2. The van der Waals surface area contributed by atoms with Gasteiger partial charge in [-0.15, -0.1) is 11.3 Å². The fourth-order valence-electron chi connectivity index (χ4n) is 3.05. The lowest BCUT2D eigenvalue weighted by Crippen LogP contribution is -2.39. The molecular weight excluding hydrogens is 282 g/mol. The van der Waals surface area contributed by atoms with Crippen molar-refractivity contribution in [3.63, 3.8) is 0 Å². The molecule has 3 nitrogen and oxygen atoms in total. The lowest BCUT2D eigenvalue weighted by Gasteiger charge is -2.25. The molecule has 1 aliphatic carbocycles. The van der Waals surface area contributed by atoms with Crippen molar-refractivity contribution in [2.45, 2.75) is 64.2 Å². The Labute approximate surface area is 132 Å². The summed E-state index contributed by atoms with van der Waals surface area (Å²) in [5, 5.41) is 15.5. The highest BCUT2D eigenvalue weighted by atomic mass is 32.1. The van der Waals surface area contributed by atoms with Crippen molar-refractivity contribution in [2.24, 2.45) is 5.92 Å². The zero-order valence-electron chi connectivity index (χ0n) is 13.1. The predicted molar refractivity (Wildman–Crippen MR) is 88.6 cm³/mol. The third-order valence-electron chi connectivity index (χ3n) is 4.42. The van der Waals surface area contributed by atoms with Crippen molar-refractivity contribution < 1.29 is 9.84 Å². The maximum atomic E-state index is 10.00. The first-order chi connectivity index (χ1) is 10.3. The standard InChI is InChI=1S/C17H29NO2S/c1-14(15-7-4-2-3-5-8-15)18-11-16(19)12-20-13-17-9-6-10-21-17/h6,9-10,14-16,18-19H,2-5,7-8,11-13H2,1H3/t14-,16?/m1/s1. The highest BCUT2D eigenvalue weighted by Crippen LogP contribution is 2.25. The topological polar surface area (TPSA) is 41.5 Å². The van der Waals surface area contributed by atoms with Crippen LogP contribution in [0, 0.1) is 5.92 Å². The highest BCUT2D eigenvalue weighted by molar-refractivity contribution is 7.09. The van der Waals surface area contributed by atoms with Gasteiger partial charge in [0.05, 0.1) is 19.3 Å². The molecule has 0 spiro atoms. The summed E-state index contributed by atoms with van der Waals surface area (Å²) >= 11 is 1.69. The molecule has 2 rings (SSSR count). The van der Waals surface area contributed by atoms with Crippen molar-refractivity contribution in [1.29, 1.82) is 0 Å². The van der Waals surface area contributed by atoms with E-state index in [1.54, 1.807) is 11.3 Å². The largest absolute Gasteiger partial charge is 0.389 e. The Morgan fingerprint density at radius 2 is 2.10 bits per heavy atom. The number of thiophene rings is 1. The molecule has 1 fully saturated rings. The summed E-state index contributed by atoms with van der Waals surface area (Å²) in [6, 6.07) is 4.58. The van der Waals surface area contributed by atoms with Crippen LogP contribution < -0.4 is 5.32 Å². The minimum absolute atomic E-state index is 0.405. The minimum atomic E-state index is -0.418. The molecule has 1 saturated carbocycles. The summed E-state index contributed by atoms with van der Waals surface area (Å²) in [6.07, 6.45) is 7.76. The fourth-order valence-corrected chi connectivity index (χ4v) is 3.69. The number of nitrogens with one attached hydrogen (secondary N) is 1.